The average molecular weight is 296 g/mol. The molecule has 4 nitrogen and oxygen atoms in total. The number of benzene rings is 1. The number of rotatable bonds is 5. The first-order chi connectivity index (χ1) is 9.52. The molecule has 0 heterocycles. The van der Waals surface area contributed by atoms with Crippen molar-refractivity contribution in [3.05, 3.63) is 24.3 Å². The Hall–Kier alpha value is -1.20. The minimum Gasteiger partial charge on any atom is -0.497 e. The van der Waals surface area contributed by atoms with Crippen LogP contribution >= 0.6 is 11.8 Å². The number of carbonyl (C=O) groups is 1. The van der Waals surface area contributed by atoms with Crippen LogP contribution in [0.4, 0.5) is 0 Å². The fourth-order valence-corrected chi connectivity index (χ4v) is 3.55. The number of hydrogen-bond donors (Lipinski definition) is 2. The summed E-state index contributed by atoms with van der Waals surface area (Å²) in [5.74, 6) is 0.355. The van der Waals surface area contributed by atoms with E-state index in [-0.39, 0.29) is 5.92 Å². The molecule has 5 heteroatoms. The summed E-state index contributed by atoms with van der Waals surface area (Å²) in [4.78, 5) is 12.0. The van der Waals surface area contributed by atoms with Crippen molar-refractivity contribution in [3.63, 3.8) is 0 Å². The summed E-state index contributed by atoms with van der Waals surface area (Å²) >= 11 is 1.59. The number of ether oxygens (including phenoxy) is 1. The third-order valence-corrected chi connectivity index (χ3v) is 5.08. The summed E-state index contributed by atoms with van der Waals surface area (Å²) < 4.78 is 5.17. The van der Waals surface area contributed by atoms with E-state index in [2.05, 4.69) is 0 Å². The normalized spacial score (nSPS) is 26.2. The van der Waals surface area contributed by atoms with E-state index in [9.17, 15) is 9.90 Å². The van der Waals surface area contributed by atoms with E-state index in [0.717, 1.165) is 10.6 Å². The highest BCUT2D eigenvalue weighted by Crippen LogP contribution is 2.36. The molecule has 0 aliphatic heterocycles. The number of methoxy groups -OCH3 is 1. The van der Waals surface area contributed by atoms with Gasteiger partial charge < -0.3 is 14.9 Å². The van der Waals surface area contributed by atoms with Crippen LogP contribution < -0.4 is 4.74 Å². The maximum atomic E-state index is 10.9. The van der Waals surface area contributed by atoms with Crippen molar-refractivity contribution in [3.8, 4) is 5.75 Å². The Morgan fingerprint density at radius 2 is 2.15 bits per heavy atom. The molecule has 1 aromatic carbocycles. The molecule has 1 aliphatic carbocycles. The molecule has 0 amide bonds. The second-order valence-corrected chi connectivity index (χ2v) is 6.35. The zero-order chi connectivity index (χ0) is 14.6. The van der Waals surface area contributed by atoms with Gasteiger partial charge in [-0.2, -0.15) is 0 Å². The van der Waals surface area contributed by atoms with Gasteiger partial charge in [-0.25, -0.2) is 0 Å². The van der Waals surface area contributed by atoms with Gasteiger partial charge in [-0.3, -0.25) is 4.79 Å². The maximum absolute atomic E-state index is 10.9. The fourth-order valence-electron chi connectivity index (χ4n) is 2.46. The van der Waals surface area contributed by atoms with Crippen LogP contribution in [-0.4, -0.2) is 34.6 Å². The van der Waals surface area contributed by atoms with Gasteiger partial charge in [0.25, 0.3) is 0 Å². The van der Waals surface area contributed by atoms with Gasteiger partial charge in [-0.05, 0) is 43.9 Å². The van der Waals surface area contributed by atoms with Crippen LogP contribution in [0.15, 0.2) is 29.2 Å². The SMILES string of the molecule is COc1cccc(SCC2(O)CCC(C(=O)O)CC2)c1. The van der Waals surface area contributed by atoms with Crippen LogP contribution in [0.1, 0.15) is 25.7 Å². The van der Waals surface area contributed by atoms with E-state index in [1.807, 2.05) is 24.3 Å². The van der Waals surface area contributed by atoms with E-state index < -0.39 is 11.6 Å². The number of thioether (sulfide) groups is 1. The number of aliphatic hydroxyl groups is 1. The molecular weight excluding hydrogens is 276 g/mol. The lowest BCUT2D eigenvalue weighted by Crippen LogP contribution is -2.38. The predicted octanol–water partition coefficient (Wildman–Crippen LogP) is 2.79. The van der Waals surface area contributed by atoms with Gasteiger partial charge in [-0.1, -0.05) is 6.07 Å². The van der Waals surface area contributed by atoms with Crippen LogP contribution in [0.5, 0.6) is 5.75 Å². The topological polar surface area (TPSA) is 66.8 Å². The van der Waals surface area contributed by atoms with Crippen LogP contribution in [0.25, 0.3) is 0 Å². The Bertz CT molecular complexity index is 467. The molecule has 0 bridgehead atoms. The molecule has 2 N–H and O–H groups in total. The molecule has 20 heavy (non-hydrogen) atoms. The highest BCUT2D eigenvalue weighted by molar-refractivity contribution is 7.99. The third-order valence-electron chi connectivity index (χ3n) is 3.81. The van der Waals surface area contributed by atoms with E-state index in [1.54, 1.807) is 18.9 Å². The van der Waals surface area contributed by atoms with Crippen LogP contribution in [0.3, 0.4) is 0 Å². The van der Waals surface area contributed by atoms with Gasteiger partial charge in [-0.15, -0.1) is 11.8 Å². The number of hydrogen-bond acceptors (Lipinski definition) is 4. The van der Waals surface area contributed by atoms with Crippen molar-refractivity contribution in [1.29, 1.82) is 0 Å². The second kappa shape index (κ2) is 6.50. The number of carboxylic acid groups (broad SMARTS) is 1. The van der Waals surface area contributed by atoms with Gasteiger partial charge in [0, 0.05) is 10.6 Å². The van der Waals surface area contributed by atoms with Gasteiger partial charge in [0.05, 0.1) is 18.6 Å². The molecule has 0 saturated heterocycles. The maximum Gasteiger partial charge on any atom is 0.306 e. The highest BCUT2D eigenvalue weighted by Gasteiger charge is 2.35. The molecule has 0 aromatic heterocycles. The smallest absolute Gasteiger partial charge is 0.306 e. The fraction of sp³-hybridized carbons (Fsp3) is 0.533. The molecule has 2 rings (SSSR count). The van der Waals surface area contributed by atoms with Gasteiger partial charge in [0.15, 0.2) is 0 Å². The molecule has 110 valence electrons. The summed E-state index contributed by atoms with van der Waals surface area (Å²) in [5, 5.41) is 19.5. The zero-order valence-electron chi connectivity index (χ0n) is 11.5. The summed E-state index contributed by atoms with van der Waals surface area (Å²) in [6.07, 6.45) is 2.23. The first kappa shape index (κ1) is 15.2. The number of aliphatic carboxylic acids is 1. The minimum atomic E-state index is -0.750. The average Bonchev–Trinajstić information content (AvgIpc) is 2.46. The van der Waals surface area contributed by atoms with Crippen molar-refractivity contribution in [2.45, 2.75) is 36.2 Å². The quantitative estimate of drug-likeness (QED) is 0.818. The molecule has 0 spiro atoms. The van der Waals surface area contributed by atoms with Crippen molar-refractivity contribution in [2.75, 3.05) is 12.9 Å². The number of carboxylic acids is 1. The Kier molecular flexibility index (Phi) is 4.94. The van der Waals surface area contributed by atoms with Gasteiger partial charge in [0.2, 0.25) is 0 Å². The van der Waals surface area contributed by atoms with Crippen molar-refractivity contribution < 1.29 is 19.7 Å². The Balaban J connectivity index is 1.88. The summed E-state index contributed by atoms with van der Waals surface area (Å²) in [5.41, 5.74) is -0.750. The summed E-state index contributed by atoms with van der Waals surface area (Å²) in [6.45, 7) is 0. The molecule has 1 aromatic rings. The van der Waals surface area contributed by atoms with Gasteiger partial charge >= 0.3 is 5.97 Å². The monoisotopic (exact) mass is 296 g/mol. The lowest BCUT2D eigenvalue weighted by Gasteiger charge is -2.34. The first-order valence-electron chi connectivity index (χ1n) is 6.74. The highest BCUT2D eigenvalue weighted by atomic mass is 32.2. The largest absolute Gasteiger partial charge is 0.497 e. The lowest BCUT2D eigenvalue weighted by molar-refractivity contribution is -0.144. The zero-order valence-corrected chi connectivity index (χ0v) is 12.4. The molecule has 1 saturated carbocycles. The van der Waals surface area contributed by atoms with E-state index >= 15 is 0 Å². The molecule has 1 aliphatic rings. The molecule has 0 radical (unpaired) electrons. The molecular formula is C15H20O4S. The van der Waals surface area contributed by atoms with Crippen molar-refractivity contribution in [1.82, 2.24) is 0 Å². The first-order valence-corrected chi connectivity index (χ1v) is 7.73. The van der Waals surface area contributed by atoms with E-state index in [1.165, 1.54) is 0 Å². The minimum absolute atomic E-state index is 0.294. The van der Waals surface area contributed by atoms with Crippen LogP contribution in [0.2, 0.25) is 0 Å². The second-order valence-electron chi connectivity index (χ2n) is 5.30. The Morgan fingerprint density at radius 3 is 2.75 bits per heavy atom. The predicted molar refractivity (Wildman–Crippen MR) is 78.3 cm³/mol. The van der Waals surface area contributed by atoms with Crippen molar-refractivity contribution >= 4 is 17.7 Å². The van der Waals surface area contributed by atoms with Crippen molar-refractivity contribution in [2.24, 2.45) is 5.92 Å². The van der Waals surface area contributed by atoms with Crippen LogP contribution in [-0.2, 0) is 4.79 Å². The standard InChI is InChI=1S/C15H20O4S/c1-19-12-3-2-4-13(9-12)20-10-15(18)7-5-11(6-8-15)14(16)17/h2-4,9,11,18H,5-8,10H2,1H3,(H,16,17). The summed E-state index contributed by atoms with van der Waals surface area (Å²) in [7, 11) is 1.63. The summed E-state index contributed by atoms with van der Waals surface area (Å²) in [6, 6.07) is 7.74. The van der Waals surface area contributed by atoms with Crippen LogP contribution in [0, 0.1) is 5.92 Å². The molecule has 0 atom stereocenters. The Labute approximate surface area is 123 Å². The van der Waals surface area contributed by atoms with E-state index in [4.69, 9.17) is 9.84 Å². The third kappa shape index (κ3) is 3.90. The molecule has 1 fully saturated rings. The Morgan fingerprint density at radius 1 is 1.45 bits per heavy atom. The molecule has 0 unspecified atom stereocenters. The lowest BCUT2D eigenvalue weighted by atomic mass is 9.80. The van der Waals surface area contributed by atoms with Gasteiger partial charge in [0.1, 0.15) is 5.75 Å². The van der Waals surface area contributed by atoms with E-state index in [0.29, 0.717) is 31.4 Å².